The molecule has 0 bridgehead atoms. The smallest absolute Gasteiger partial charge is 0.188 e. The average molecular weight is 264 g/mol. The van der Waals surface area contributed by atoms with Crippen molar-refractivity contribution in [1.29, 1.82) is 0 Å². The fourth-order valence-corrected chi connectivity index (χ4v) is 2.34. The van der Waals surface area contributed by atoms with E-state index in [4.69, 9.17) is 17.3 Å². The molecule has 0 atom stereocenters. The molecular formula is C14H18ClN3. The van der Waals surface area contributed by atoms with Crippen molar-refractivity contribution < 1.29 is 0 Å². The topological polar surface area (TPSA) is 50.4 Å². The van der Waals surface area contributed by atoms with Gasteiger partial charge in [-0.25, -0.2) is 0 Å². The number of halogens is 1. The Morgan fingerprint density at radius 1 is 1.33 bits per heavy atom. The number of hydrogen-bond donors (Lipinski definition) is 2. The predicted molar refractivity (Wildman–Crippen MR) is 75.0 cm³/mol. The summed E-state index contributed by atoms with van der Waals surface area (Å²) in [6.45, 7) is 0.778. The molecule has 0 heterocycles. The minimum absolute atomic E-state index is 0.209. The molecule has 0 radical (unpaired) electrons. The molecule has 4 heteroatoms. The number of guanidine groups is 1. The Labute approximate surface area is 112 Å². The molecule has 0 aromatic heterocycles. The molecule has 0 spiro atoms. The summed E-state index contributed by atoms with van der Waals surface area (Å²) in [4.78, 5) is 4.49. The highest BCUT2D eigenvalue weighted by Gasteiger charge is 2.44. The van der Waals surface area contributed by atoms with Gasteiger partial charge in [-0.3, -0.25) is 4.99 Å². The first-order valence-corrected chi connectivity index (χ1v) is 6.88. The Morgan fingerprint density at radius 3 is 2.56 bits per heavy atom. The quantitative estimate of drug-likeness (QED) is 0.648. The molecule has 3 rings (SSSR count). The van der Waals surface area contributed by atoms with Gasteiger partial charge in [-0.2, -0.15) is 0 Å². The van der Waals surface area contributed by atoms with Crippen LogP contribution in [0.1, 0.15) is 31.2 Å². The van der Waals surface area contributed by atoms with Crippen LogP contribution in [0.25, 0.3) is 0 Å². The molecule has 96 valence electrons. The van der Waals surface area contributed by atoms with Crippen molar-refractivity contribution in [2.75, 3.05) is 6.54 Å². The summed E-state index contributed by atoms with van der Waals surface area (Å²) in [6, 6.07) is 8.68. The number of nitrogens with zero attached hydrogens (tertiary/aromatic N) is 1. The van der Waals surface area contributed by atoms with E-state index in [0.29, 0.717) is 12.0 Å². The van der Waals surface area contributed by atoms with Crippen molar-refractivity contribution in [3.8, 4) is 0 Å². The lowest BCUT2D eigenvalue weighted by atomic mass is 9.96. The van der Waals surface area contributed by atoms with Crippen LogP contribution in [0.3, 0.4) is 0 Å². The third-order valence-corrected chi connectivity index (χ3v) is 4.04. The predicted octanol–water partition coefficient (Wildman–Crippen LogP) is 2.44. The van der Waals surface area contributed by atoms with E-state index in [0.717, 1.165) is 11.6 Å². The molecule has 1 aromatic carbocycles. The Bertz CT molecular complexity index is 458. The van der Waals surface area contributed by atoms with Gasteiger partial charge in [-0.1, -0.05) is 23.7 Å². The van der Waals surface area contributed by atoms with E-state index in [9.17, 15) is 0 Å². The average Bonchev–Trinajstić information content (AvgIpc) is 3.23. The fraction of sp³-hybridized carbons (Fsp3) is 0.500. The summed E-state index contributed by atoms with van der Waals surface area (Å²) in [5, 5.41) is 4.01. The lowest BCUT2D eigenvalue weighted by molar-refractivity contribution is 0.699. The number of hydrogen-bond acceptors (Lipinski definition) is 1. The van der Waals surface area contributed by atoms with Gasteiger partial charge in [0.2, 0.25) is 0 Å². The zero-order chi connectivity index (χ0) is 12.6. The van der Waals surface area contributed by atoms with Gasteiger partial charge < -0.3 is 11.1 Å². The van der Waals surface area contributed by atoms with Gasteiger partial charge >= 0.3 is 0 Å². The second kappa shape index (κ2) is 4.47. The fourth-order valence-electron chi connectivity index (χ4n) is 2.21. The van der Waals surface area contributed by atoms with Crippen LogP contribution >= 0.6 is 11.6 Å². The van der Waals surface area contributed by atoms with Crippen LogP contribution in [0, 0.1) is 0 Å². The van der Waals surface area contributed by atoms with E-state index in [-0.39, 0.29) is 5.41 Å². The van der Waals surface area contributed by atoms with E-state index in [2.05, 4.69) is 22.4 Å². The molecule has 0 aliphatic heterocycles. The number of rotatable bonds is 4. The van der Waals surface area contributed by atoms with Crippen molar-refractivity contribution in [2.45, 2.75) is 37.1 Å². The Kier molecular flexibility index (Phi) is 2.94. The first-order chi connectivity index (χ1) is 8.68. The number of aliphatic imine (C=N–C) groups is 1. The largest absolute Gasteiger partial charge is 0.370 e. The minimum Gasteiger partial charge on any atom is -0.370 e. The number of benzene rings is 1. The van der Waals surface area contributed by atoms with Gasteiger partial charge in [0, 0.05) is 16.5 Å². The second-order valence-corrected chi connectivity index (χ2v) is 5.84. The molecule has 3 nitrogen and oxygen atoms in total. The van der Waals surface area contributed by atoms with Crippen LogP contribution in [0.2, 0.25) is 5.02 Å². The van der Waals surface area contributed by atoms with E-state index in [1.165, 1.54) is 31.2 Å². The standard InChI is InChI=1S/C14H18ClN3/c15-11-3-1-10(2-4-11)14(7-8-14)9-17-13(16)18-12-5-6-12/h1-4,12H,5-9H2,(H3,16,17,18). The molecule has 18 heavy (non-hydrogen) atoms. The number of nitrogens with one attached hydrogen (secondary N) is 1. The van der Waals surface area contributed by atoms with E-state index in [1.807, 2.05) is 12.1 Å². The Balaban J connectivity index is 1.65. The zero-order valence-electron chi connectivity index (χ0n) is 10.3. The van der Waals surface area contributed by atoms with Gasteiger partial charge in [0.15, 0.2) is 5.96 Å². The summed E-state index contributed by atoms with van der Waals surface area (Å²) in [5.74, 6) is 0.595. The van der Waals surface area contributed by atoms with Crippen molar-refractivity contribution in [2.24, 2.45) is 10.7 Å². The lowest BCUT2D eigenvalue weighted by Crippen LogP contribution is -2.34. The highest BCUT2D eigenvalue weighted by atomic mass is 35.5. The molecule has 2 fully saturated rings. The van der Waals surface area contributed by atoms with Gasteiger partial charge in [-0.05, 0) is 43.4 Å². The molecule has 2 aliphatic carbocycles. The minimum atomic E-state index is 0.209. The van der Waals surface area contributed by atoms with E-state index >= 15 is 0 Å². The normalized spacial score (nSPS) is 21.7. The second-order valence-electron chi connectivity index (χ2n) is 5.41. The van der Waals surface area contributed by atoms with Crippen molar-refractivity contribution in [3.63, 3.8) is 0 Å². The van der Waals surface area contributed by atoms with Crippen molar-refractivity contribution in [1.82, 2.24) is 5.32 Å². The van der Waals surface area contributed by atoms with Crippen molar-refractivity contribution >= 4 is 17.6 Å². The van der Waals surface area contributed by atoms with Crippen molar-refractivity contribution in [3.05, 3.63) is 34.9 Å². The van der Waals surface area contributed by atoms with Gasteiger partial charge in [-0.15, -0.1) is 0 Å². The molecule has 0 saturated heterocycles. The molecule has 0 amide bonds. The molecule has 2 saturated carbocycles. The molecule has 2 aliphatic rings. The molecule has 3 N–H and O–H groups in total. The van der Waals surface area contributed by atoms with Crippen LogP contribution < -0.4 is 11.1 Å². The highest BCUT2D eigenvalue weighted by Crippen LogP contribution is 2.48. The highest BCUT2D eigenvalue weighted by molar-refractivity contribution is 6.30. The molecular weight excluding hydrogens is 246 g/mol. The van der Waals surface area contributed by atoms with Crippen LogP contribution in [0.4, 0.5) is 0 Å². The summed E-state index contributed by atoms with van der Waals surface area (Å²) in [5.41, 5.74) is 7.41. The third kappa shape index (κ3) is 2.61. The van der Waals surface area contributed by atoms with Gasteiger partial charge in [0.25, 0.3) is 0 Å². The van der Waals surface area contributed by atoms with Crippen LogP contribution in [0.5, 0.6) is 0 Å². The van der Waals surface area contributed by atoms with Crippen LogP contribution in [-0.4, -0.2) is 18.5 Å². The van der Waals surface area contributed by atoms with E-state index in [1.54, 1.807) is 0 Å². The SMILES string of the molecule is NC(=NCC1(c2ccc(Cl)cc2)CC1)NC1CC1. The van der Waals surface area contributed by atoms with Crippen LogP contribution in [0.15, 0.2) is 29.3 Å². The number of nitrogens with two attached hydrogens (primary N) is 1. The monoisotopic (exact) mass is 263 g/mol. The maximum absolute atomic E-state index is 5.92. The maximum Gasteiger partial charge on any atom is 0.188 e. The molecule has 0 unspecified atom stereocenters. The van der Waals surface area contributed by atoms with Crippen LogP contribution in [-0.2, 0) is 5.41 Å². The lowest BCUT2D eigenvalue weighted by Gasteiger charge is -2.13. The molecule has 1 aromatic rings. The summed E-state index contributed by atoms with van der Waals surface area (Å²) in [6.07, 6.45) is 4.82. The summed E-state index contributed by atoms with van der Waals surface area (Å²) < 4.78 is 0. The first kappa shape index (κ1) is 11.8. The van der Waals surface area contributed by atoms with E-state index < -0.39 is 0 Å². The zero-order valence-corrected chi connectivity index (χ0v) is 11.1. The summed E-state index contributed by atoms with van der Waals surface area (Å²) >= 11 is 5.92. The maximum atomic E-state index is 5.92. The van der Waals surface area contributed by atoms with Gasteiger partial charge in [0.05, 0.1) is 6.54 Å². The Morgan fingerprint density at radius 2 is 2.00 bits per heavy atom. The third-order valence-electron chi connectivity index (χ3n) is 3.79. The first-order valence-electron chi connectivity index (χ1n) is 6.50. The Hall–Kier alpha value is -1.22. The van der Waals surface area contributed by atoms with Gasteiger partial charge in [0.1, 0.15) is 0 Å². The summed E-state index contributed by atoms with van der Waals surface area (Å²) in [7, 11) is 0.